The van der Waals surface area contributed by atoms with E-state index in [1.165, 1.54) is 12.1 Å². The second-order valence-corrected chi connectivity index (χ2v) is 7.27. The summed E-state index contributed by atoms with van der Waals surface area (Å²) in [5.74, 6) is -0.979. The van der Waals surface area contributed by atoms with Crippen LogP contribution in [0.25, 0.3) is 0 Å². The molecule has 0 radical (unpaired) electrons. The smallest absolute Gasteiger partial charge is 0.367 e. The molecule has 0 aliphatic rings. The molecule has 0 spiro atoms. The van der Waals surface area contributed by atoms with E-state index in [1.807, 2.05) is 0 Å². The Morgan fingerprint density at radius 3 is 2.39 bits per heavy atom. The maximum absolute atomic E-state index is 12.0. The molecule has 0 fully saturated rings. The van der Waals surface area contributed by atoms with Crippen LogP contribution in [0.15, 0.2) is 58.6 Å². The summed E-state index contributed by atoms with van der Waals surface area (Å²) in [5.41, 5.74) is 6.04. The minimum absolute atomic E-state index is 0.00690. The zero-order chi connectivity index (χ0) is 17.0. The van der Waals surface area contributed by atoms with Crippen LogP contribution < -0.4 is 5.73 Å². The molecule has 2 aromatic carbocycles. The highest BCUT2D eigenvalue weighted by atomic mass is 35.7. The van der Waals surface area contributed by atoms with Crippen LogP contribution in [0.2, 0.25) is 5.02 Å². The first-order valence-electron chi connectivity index (χ1n) is 6.13. The highest BCUT2D eigenvalue weighted by molar-refractivity contribution is 8.13. The molecule has 0 aliphatic heterocycles. The predicted octanol–water partition coefficient (Wildman–Crippen LogP) is 2.74. The number of amidine groups is 1. The average Bonchev–Trinajstić information content (AvgIpc) is 2.52. The lowest BCUT2D eigenvalue weighted by Crippen LogP contribution is -2.15. The molecule has 0 saturated carbocycles. The van der Waals surface area contributed by atoms with Crippen molar-refractivity contribution in [2.24, 2.45) is 10.9 Å². The van der Waals surface area contributed by atoms with E-state index in [9.17, 15) is 13.2 Å². The summed E-state index contributed by atoms with van der Waals surface area (Å²) in [6.45, 7) is 0. The topological polar surface area (TPSA) is 98.8 Å². The predicted molar refractivity (Wildman–Crippen MR) is 87.1 cm³/mol. The minimum atomic E-state index is -4.00. The molecule has 0 bridgehead atoms. The van der Waals surface area contributed by atoms with E-state index in [0.717, 1.165) is 6.07 Å². The van der Waals surface area contributed by atoms with E-state index in [-0.39, 0.29) is 21.3 Å². The van der Waals surface area contributed by atoms with Crippen LogP contribution in [-0.4, -0.2) is 20.2 Å². The third kappa shape index (κ3) is 4.44. The van der Waals surface area contributed by atoms with Gasteiger partial charge in [0.25, 0.3) is 9.05 Å². The lowest BCUT2D eigenvalue weighted by atomic mass is 10.2. The maximum Gasteiger partial charge on any atom is 0.367 e. The molecule has 0 unspecified atom stereocenters. The molecule has 120 valence electrons. The molecular weight excluding hydrogens is 363 g/mol. The van der Waals surface area contributed by atoms with Crippen molar-refractivity contribution in [3.63, 3.8) is 0 Å². The van der Waals surface area contributed by atoms with Crippen LogP contribution in [-0.2, 0) is 13.9 Å². The Bertz CT molecular complexity index is 868. The molecule has 0 amide bonds. The van der Waals surface area contributed by atoms with Crippen LogP contribution in [0.1, 0.15) is 15.9 Å². The summed E-state index contributed by atoms with van der Waals surface area (Å²) in [7, 11) is 1.22. The van der Waals surface area contributed by atoms with Crippen LogP contribution >= 0.6 is 22.3 Å². The van der Waals surface area contributed by atoms with Gasteiger partial charge in [0.05, 0.1) is 15.5 Å². The Hall–Kier alpha value is -2.09. The lowest BCUT2D eigenvalue weighted by molar-refractivity contribution is 0.0516. The summed E-state index contributed by atoms with van der Waals surface area (Å²) in [4.78, 5) is 16.4. The van der Waals surface area contributed by atoms with Gasteiger partial charge in [-0.1, -0.05) is 47.1 Å². The molecule has 0 atom stereocenters. The number of halogens is 2. The highest BCUT2D eigenvalue weighted by Crippen LogP contribution is 2.23. The number of oxime groups is 1. The van der Waals surface area contributed by atoms with E-state index < -0.39 is 15.0 Å². The first-order chi connectivity index (χ1) is 10.8. The van der Waals surface area contributed by atoms with Crippen molar-refractivity contribution in [2.75, 3.05) is 0 Å². The van der Waals surface area contributed by atoms with Crippen LogP contribution in [0, 0.1) is 0 Å². The molecule has 2 rings (SSSR count). The molecule has 2 N–H and O–H groups in total. The van der Waals surface area contributed by atoms with Gasteiger partial charge in [-0.25, -0.2) is 13.2 Å². The Kier molecular flexibility index (Phi) is 5.25. The number of benzene rings is 2. The normalized spacial score (nSPS) is 12.0. The van der Waals surface area contributed by atoms with Gasteiger partial charge in [-0.05, 0) is 18.2 Å². The van der Waals surface area contributed by atoms with Gasteiger partial charge in [-0.3, -0.25) is 0 Å². The van der Waals surface area contributed by atoms with E-state index >= 15 is 0 Å². The Labute approximate surface area is 141 Å². The molecule has 2 aromatic rings. The highest BCUT2D eigenvalue weighted by Gasteiger charge is 2.18. The fourth-order valence-electron chi connectivity index (χ4n) is 1.61. The Balaban J connectivity index is 2.25. The lowest BCUT2D eigenvalue weighted by Gasteiger charge is -2.04. The first kappa shape index (κ1) is 17.3. The minimum Gasteiger partial charge on any atom is -0.380 e. The van der Waals surface area contributed by atoms with Crippen LogP contribution in [0.5, 0.6) is 0 Å². The average molecular weight is 373 g/mol. The summed E-state index contributed by atoms with van der Waals surface area (Å²) in [6.07, 6.45) is 0. The summed E-state index contributed by atoms with van der Waals surface area (Å²) >= 11 is 5.86. The molecule has 6 nitrogen and oxygen atoms in total. The van der Waals surface area contributed by atoms with Gasteiger partial charge in [0.1, 0.15) is 0 Å². The molecular formula is C14H10Cl2N2O4S. The Morgan fingerprint density at radius 1 is 1.13 bits per heavy atom. The molecule has 23 heavy (non-hydrogen) atoms. The van der Waals surface area contributed by atoms with E-state index in [2.05, 4.69) is 5.16 Å². The summed E-state index contributed by atoms with van der Waals surface area (Å²) in [5, 5.41) is 3.50. The molecule has 0 saturated heterocycles. The molecule has 9 heteroatoms. The zero-order valence-electron chi connectivity index (χ0n) is 11.4. The number of carbonyl (C=O) groups excluding carboxylic acids is 1. The monoisotopic (exact) mass is 372 g/mol. The van der Waals surface area contributed by atoms with Crippen molar-refractivity contribution in [1.29, 1.82) is 0 Å². The van der Waals surface area contributed by atoms with E-state index in [0.29, 0.717) is 5.56 Å². The van der Waals surface area contributed by atoms with Gasteiger partial charge >= 0.3 is 5.97 Å². The van der Waals surface area contributed by atoms with Gasteiger partial charge in [0.15, 0.2) is 5.84 Å². The third-order valence-corrected chi connectivity index (χ3v) is 4.42. The van der Waals surface area contributed by atoms with Gasteiger partial charge in [0, 0.05) is 16.2 Å². The Morgan fingerprint density at radius 2 is 1.78 bits per heavy atom. The SMILES string of the molecule is N/C(=N\OC(=O)c1cc(S(=O)(=O)Cl)ccc1Cl)c1ccccc1. The number of carbonyl (C=O) groups is 1. The van der Waals surface area contributed by atoms with Crippen LogP contribution in [0.3, 0.4) is 0 Å². The van der Waals surface area contributed by atoms with E-state index in [4.69, 9.17) is 32.9 Å². The van der Waals surface area contributed by atoms with E-state index in [1.54, 1.807) is 30.3 Å². The zero-order valence-corrected chi connectivity index (χ0v) is 13.8. The van der Waals surface area contributed by atoms with Crippen molar-refractivity contribution in [1.82, 2.24) is 0 Å². The summed E-state index contributed by atoms with van der Waals surface area (Å²) in [6, 6.07) is 12.0. The number of hydrogen-bond acceptors (Lipinski definition) is 5. The van der Waals surface area contributed by atoms with Gasteiger partial charge in [0.2, 0.25) is 0 Å². The molecule has 0 aromatic heterocycles. The second-order valence-electron chi connectivity index (χ2n) is 4.30. The standard InChI is InChI=1S/C14H10Cl2N2O4S/c15-12-7-6-10(23(16,20)21)8-11(12)14(19)22-18-13(17)9-4-2-1-3-5-9/h1-8H,(H2,17,18). The van der Waals surface area contributed by atoms with Crippen molar-refractivity contribution >= 4 is 43.1 Å². The number of hydrogen-bond donors (Lipinski definition) is 1. The van der Waals surface area contributed by atoms with Crippen LogP contribution in [0.4, 0.5) is 0 Å². The number of nitrogens with zero attached hydrogens (tertiary/aromatic N) is 1. The fraction of sp³-hybridized carbons (Fsp3) is 0. The quantitative estimate of drug-likeness (QED) is 0.292. The number of nitrogens with two attached hydrogens (primary N) is 1. The summed E-state index contributed by atoms with van der Waals surface area (Å²) < 4.78 is 22.6. The molecule has 0 aliphatic carbocycles. The largest absolute Gasteiger partial charge is 0.380 e. The third-order valence-electron chi connectivity index (χ3n) is 2.74. The maximum atomic E-state index is 12.0. The van der Waals surface area contributed by atoms with Crippen molar-refractivity contribution in [2.45, 2.75) is 4.90 Å². The number of rotatable bonds is 4. The van der Waals surface area contributed by atoms with Crippen molar-refractivity contribution in [3.8, 4) is 0 Å². The molecule has 0 heterocycles. The first-order valence-corrected chi connectivity index (χ1v) is 8.82. The second kappa shape index (κ2) is 6.99. The van der Waals surface area contributed by atoms with Gasteiger partial charge < -0.3 is 10.6 Å². The van der Waals surface area contributed by atoms with Gasteiger partial charge in [-0.15, -0.1) is 0 Å². The van der Waals surface area contributed by atoms with Gasteiger partial charge in [-0.2, -0.15) is 0 Å². The van der Waals surface area contributed by atoms with Crippen molar-refractivity contribution < 1.29 is 18.0 Å². The fourth-order valence-corrected chi connectivity index (χ4v) is 2.59. The van der Waals surface area contributed by atoms with Crippen molar-refractivity contribution in [3.05, 3.63) is 64.7 Å².